The normalized spacial score (nSPS) is 15.5. The van der Waals surface area contributed by atoms with Crippen LogP contribution in [0.1, 0.15) is 18.9 Å². The average Bonchev–Trinajstić information content (AvgIpc) is 2.81. The van der Waals surface area contributed by atoms with Gasteiger partial charge in [0.05, 0.1) is 7.11 Å². The van der Waals surface area contributed by atoms with E-state index >= 15 is 0 Å². The first kappa shape index (κ1) is 16.8. The molecular weight excluding hydrogens is 314 g/mol. The number of rotatable bonds is 6. The van der Waals surface area contributed by atoms with E-state index in [2.05, 4.69) is 5.32 Å². The molecule has 0 aromatic heterocycles. The predicted molar refractivity (Wildman–Crippen MR) is 89.8 cm³/mol. The number of carbonyl (C=O) groups is 1. The number of nitrogens with one attached hydrogen (secondary N) is 1. The quantitative estimate of drug-likeness (QED) is 0.635. The Bertz CT molecular complexity index is 694. The molecule has 0 saturated carbocycles. The Balaban J connectivity index is 2.24. The van der Waals surface area contributed by atoms with Crippen molar-refractivity contribution in [1.29, 1.82) is 5.26 Å². The molecule has 0 atom stereocenters. The summed E-state index contributed by atoms with van der Waals surface area (Å²) in [6, 6.07) is 7.12. The second-order valence-electron chi connectivity index (χ2n) is 4.80. The lowest BCUT2D eigenvalue weighted by Crippen LogP contribution is -2.31. The van der Waals surface area contributed by atoms with Gasteiger partial charge in [-0.2, -0.15) is 5.26 Å². The summed E-state index contributed by atoms with van der Waals surface area (Å²) in [5.41, 5.74) is 1.19. The fourth-order valence-electron chi connectivity index (χ4n) is 2.17. The van der Waals surface area contributed by atoms with Gasteiger partial charge in [-0.05, 0) is 42.4 Å². The monoisotopic (exact) mass is 331 g/mol. The molecule has 0 aliphatic carbocycles. The molecule has 1 N–H and O–H groups in total. The van der Waals surface area contributed by atoms with Crippen molar-refractivity contribution in [2.75, 3.05) is 20.3 Å². The van der Waals surface area contributed by atoms with Crippen molar-refractivity contribution in [3.05, 3.63) is 29.5 Å². The molecule has 0 spiro atoms. The molecule has 23 heavy (non-hydrogen) atoms. The smallest absolute Gasteiger partial charge is 0.276 e. The zero-order valence-electron chi connectivity index (χ0n) is 13.0. The van der Waals surface area contributed by atoms with Crippen LogP contribution in [0.4, 0.5) is 0 Å². The van der Waals surface area contributed by atoms with Crippen molar-refractivity contribution in [1.82, 2.24) is 10.2 Å². The number of methoxy groups -OCH3 is 1. The molecule has 120 valence electrons. The van der Waals surface area contributed by atoms with Crippen LogP contribution in [-0.4, -0.2) is 36.2 Å². The van der Waals surface area contributed by atoms with Gasteiger partial charge >= 0.3 is 0 Å². The van der Waals surface area contributed by atoms with Gasteiger partial charge in [0.2, 0.25) is 0 Å². The molecule has 1 aromatic carbocycles. The van der Waals surface area contributed by atoms with Crippen molar-refractivity contribution >= 4 is 29.3 Å². The highest BCUT2D eigenvalue weighted by Crippen LogP contribution is 2.29. The third-order valence-corrected chi connectivity index (χ3v) is 3.52. The number of amides is 1. The Hall–Kier alpha value is -2.59. The molecule has 1 aliphatic rings. The van der Waals surface area contributed by atoms with Gasteiger partial charge in [-0.3, -0.25) is 9.69 Å². The maximum absolute atomic E-state index is 12.3. The van der Waals surface area contributed by atoms with Gasteiger partial charge in [0, 0.05) is 6.54 Å². The first-order valence-electron chi connectivity index (χ1n) is 7.13. The Morgan fingerprint density at radius 2 is 2.22 bits per heavy atom. The molecule has 1 saturated heterocycles. The van der Waals surface area contributed by atoms with Crippen molar-refractivity contribution in [2.45, 2.75) is 13.3 Å². The fraction of sp³-hybridized carbons (Fsp3) is 0.312. The van der Waals surface area contributed by atoms with E-state index in [1.54, 1.807) is 29.2 Å². The third-order valence-electron chi connectivity index (χ3n) is 3.20. The minimum atomic E-state index is -0.138. The molecular formula is C16H17N3O3S. The van der Waals surface area contributed by atoms with Crippen LogP contribution in [0.15, 0.2) is 23.9 Å². The molecule has 1 amide bonds. The van der Waals surface area contributed by atoms with Gasteiger partial charge in [-0.25, -0.2) is 0 Å². The first-order chi connectivity index (χ1) is 11.1. The molecule has 1 heterocycles. The SMILES string of the molecule is CCCN1C(=O)/C(=C/c2ccc(OCC#N)c(OC)c2)NC1=S. The van der Waals surface area contributed by atoms with E-state index in [4.69, 9.17) is 27.0 Å². The van der Waals surface area contributed by atoms with Gasteiger partial charge in [-0.1, -0.05) is 13.0 Å². The number of hydrogen-bond acceptors (Lipinski definition) is 5. The standard InChI is InChI=1S/C16H17N3O3S/c1-3-7-19-15(20)12(18-16(19)23)9-11-4-5-13(22-8-6-17)14(10-11)21-2/h4-5,9-10H,3,7-8H2,1-2H3,(H,18,23)/b12-9-. The van der Waals surface area contributed by atoms with Gasteiger partial charge in [0.1, 0.15) is 11.8 Å². The Morgan fingerprint density at radius 3 is 2.87 bits per heavy atom. The molecule has 0 bridgehead atoms. The zero-order chi connectivity index (χ0) is 16.8. The fourth-order valence-corrected chi connectivity index (χ4v) is 2.45. The Kier molecular flexibility index (Phi) is 5.55. The summed E-state index contributed by atoms with van der Waals surface area (Å²) in [7, 11) is 1.52. The highest BCUT2D eigenvalue weighted by atomic mass is 32.1. The lowest BCUT2D eigenvalue weighted by atomic mass is 10.1. The van der Waals surface area contributed by atoms with Gasteiger partial charge in [-0.15, -0.1) is 0 Å². The van der Waals surface area contributed by atoms with Crippen LogP contribution in [0.2, 0.25) is 0 Å². The zero-order valence-corrected chi connectivity index (χ0v) is 13.8. The number of hydrogen-bond donors (Lipinski definition) is 1. The van der Waals surface area contributed by atoms with Gasteiger partial charge < -0.3 is 14.8 Å². The maximum Gasteiger partial charge on any atom is 0.276 e. The summed E-state index contributed by atoms with van der Waals surface area (Å²) in [6.45, 7) is 2.52. The van der Waals surface area contributed by atoms with Crippen LogP contribution in [0.25, 0.3) is 6.08 Å². The number of carbonyl (C=O) groups excluding carboxylic acids is 1. The van der Waals surface area contributed by atoms with E-state index < -0.39 is 0 Å². The van der Waals surface area contributed by atoms with Crippen molar-refractivity contribution in [2.24, 2.45) is 0 Å². The van der Waals surface area contributed by atoms with Crippen LogP contribution in [0.3, 0.4) is 0 Å². The topological polar surface area (TPSA) is 74.6 Å². The van der Waals surface area contributed by atoms with Crippen LogP contribution in [0, 0.1) is 11.3 Å². The van der Waals surface area contributed by atoms with E-state index in [1.807, 2.05) is 13.0 Å². The number of ether oxygens (including phenoxy) is 2. The molecule has 1 aliphatic heterocycles. The van der Waals surface area contributed by atoms with Gasteiger partial charge in [0.15, 0.2) is 23.2 Å². The third kappa shape index (κ3) is 3.79. The molecule has 6 nitrogen and oxygen atoms in total. The average molecular weight is 331 g/mol. The van der Waals surface area contributed by atoms with Crippen molar-refractivity contribution in [3.8, 4) is 17.6 Å². The Labute approximate surface area is 140 Å². The highest BCUT2D eigenvalue weighted by Gasteiger charge is 2.29. The molecule has 1 fully saturated rings. The molecule has 7 heteroatoms. The number of benzene rings is 1. The second-order valence-corrected chi connectivity index (χ2v) is 5.19. The summed E-state index contributed by atoms with van der Waals surface area (Å²) in [5.74, 6) is 0.832. The van der Waals surface area contributed by atoms with Crippen LogP contribution in [0.5, 0.6) is 11.5 Å². The largest absolute Gasteiger partial charge is 0.493 e. The maximum atomic E-state index is 12.3. The minimum Gasteiger partial charge on any atom is -0.493 e. The molecule has 1 aromatic rings. The van der Waals surface area contributed by atoms with E-state index in [0.29, 0.717) is 28.9 Å². The summed E-state index contributed by atoms with van der Waals surface area (Å²) in [5, 5.41) is 11.9. The van der Waals surface area contributed by atoms with Crippen LogP contribution < -0.4 is 14.8 Å². The highest BCUT2D eigenvalue weighted by molar-refractivity contribution is 7.80. The van der Waals surface area contributed by atoms with Crippen LogP contribution >= 0.6 is 12.2 Å². The molecule has 0 radical (unpaired) electrons. The number of nitriles is 1. The van der Waals surface area contributed by atoms with E-state index in [1.165, 1.54) is 7.11 Å². The summed E-state index contributed by atoms with van der Waals surface area (Å²) < 4.78 is 10.5. The van der Waals surface area contributed by atoms with E-state index in [-0.39, 0.29) is 12.5 Å². The lowest BCUT2D eigenvalue weighted by Gasteiger charge is -2.11. The summed E-state index contributed by atoms with van der Waals surface area (Å²) in [6.07, 6.45) is 2.54. The summed E-state index contributed by atoms with van der Waals surface area (Å²) in [4.78, 5) is 13.8. The number of nitrogens with zero attached hydrogens (tertiary/aromatic N) is 2. The van der Waals surface area contributed by atoms with E-state index in [9.17, 15) is 4.79 Å². The van der Waals surface area contributed by atoms with Gasteiger partial charge in [0.25, 0.3) is 5.91 Å². The van der Waals surface area contributed by atoms with Crippen molar-refractivity contribution in [3.63, 3.8) is 0 Å². The first-order valence-corrected chi connectivity index (χ1v) is 7.53. The second kappa shape index (κ2) is 7.61. The lowest BCUT2D eigenvalue weighted by molar-refractivity contribution is -0.122. The van der Waals surface area contributed by atoms with Crippen molar-refractivity contribution < 1.29 is 14.3 Å². The molecule has 0 unspecified atom stereocenters. The predicted octanol–water partition coefficient (Wildman–Crippen LogP) is 2.07. The summed E-state index contributed by atoms with van der Waals surface area (Å²) >= 11 is 5.17. The number of thiocarbonyl (C=S) groups is 1. The Morgan fingerprint density at radius 1 is 1.43 bits per heavy atom. The minimum absolute atomic E-state index is 0.0584. The molecule has 2 rings (SSSR count). The van der Waals surface area contributed by atoms with Crippen LogP contribution in [-0.2, 0) is 4.79 Å². The van der Waals surface area contributed by atoms with E-state index in [0.717, 1.165) is 12.0 Å².